The number of phenols is 1. The third-order valence-corrected chi connectivity index (χ3v) is 2.65. The van der Waals surface area contributed by atoms with E-state index in [1.807, 2.05) is 30.3 Å². The molecule has 0 spiro atoms. The van der Waals surface area contributed by atoms with Gasteiger partial charge in [-0.2, -0.15) is 0 Å². The summed E-state index contributed by atoms with van der Waals surface area (Å²) in [7, 11) is 1.61. The lowest BCUT2D eigenvalue weighted by atomic mass is 10.0. The van der Waals surface area contributed by atoms with Crippen LogP contribution < -0.4 is 4.74 Å². The molecule has 0 radical (unpaired) electrons. The SMILES string of the molecule is COc1ccc(-c2ccc(/C=N/O)c(O)c2)cc1. The molecule has 0 heterocycles. The minimum atomic E-state index is 0.0705. The van der Waals surface area contributed by atoms with Gasteiger partial charge in [-0.25, -0.2) is 0 Å². The molecule has 0 unspecified atom stereocenters. The predicted octanol–water partition coefficient (Wildman–Crippen LogP) is 2.88. The van der Waals surface area contributed by atoms with Gasteiger partial charge in [-0.1, -0.05) is 23.4 Å². The maximum absolute atomic E-state index is 9.76. The number of oxime groups is 1. The molecule has 0 aliphatic heterocycles. The van der Waals surface area contributed by atoms with E-state index in [-0.39, 0.29) is 5.75 Å². The van der Waals surface area contributed by atoms with E-state index in [9.17, 15) is 5.11 Å². The second-order valence-electron chi connectivity index (χ2n) is 3.75. The fourth-order valence-corrected chi connectivity index (χ4v) is 1.68. The molecule has 18 heavy (non-hydrogen) atoms. The number of nitrogens with zero attached hydrogens (tertiary/aromatic N) is 1. The van der Waals surface area contributed by atoms with Crippen LogP contribution in [0.25, 0.3) is 11.1 Å². The highest BCUT2D eigenvalue weighted by Crippen LogP contribution is 2.27. The van der Waals surface area contributed by atoms with Crippen molar-refractivity contribution in [2.75, 3.05) is 7.11 Å². The van der Waals surface area contributed by atoms with E-state index in [1.165, 1.54) is 6.21 Å². The Morgan fingerprint density at radius 2 is 1.72 bits per heavy atom. The number of benzene rings is 2. The Morgan fingerprint density at radius 3 is 2.28 bits per heavy atom. The molecule has 0 saturated carbocycles. The van der Waals surface area contributed by atoms with Crippen molar-refractivity contribution in [1.82, 2.24) is 0 Å². The molecule has 0 aromatic heterocycles. The zero-order valence-electron chi connectivity index (χ0n) is 9.87. The highest BCUT2D eigenvalue weighted by molar-refractivity contribution is 5.84. The summed E-state index contributed by atoms with van der Waals surface area (Å²) in [5.74, 6) is 0.855. The monoisotopic (exact) mass is 243 g/mol. The quantitative estimate of drug-likeness (QED) is 0.495. The third-order valence-electron chi connectivity index (χ3n) is 2.65. The second-order valence-corrected chi connectivity index (χ2v) is 3.75. The number of phenolic OH excluding ortho intramolecular Hbond substituents is 1. The van der Waals surface area contributed by atoms with E-state index in [1.54, 1.807) is 19.2 Å². The molecule has 2 N–H and O–H groups in total. The fourth-order valence-electron chi connectivity index (χ4n) is 1.68. The lowest BCUT2D eigenvalue weighted by molar-refractivity contribution is 0.321. The van der Waals surface area contributed by atoms with Crippen molar-refractivity contribution in [3.05, 3.63) is 48.0 Å². The van der Waals surface area contributed by atoms with Gasteiger partial charge in [-0.3, -0.25) is 0 Å². The molecular formula is C14H13NO3. The number of hydrogen-bond donors (Lipinski definition) is 2. The molecule has 0 aliphatic rings. The first-order valence-corrected chi connectivity index (χ1v) is 5.39. The fraction of sp³-hybridized carbons (Fsp3) is 0.0714. The van der Waals surface area contributed by atoms with Crippen LogP contribution in [0.15, 0.2) is 47.6 Å². The minimum Gasteiger partial charge on any atom is -0.507 e. The first-order valence-electron chi connectivity index (χ1n) is 5.39. The van der Waals surface area contributed by atoms with E-state index in [2.05, 4.69) is 5.16 Å². The molecule has 2 aromatic carbocycles. The van der Waals surface area contributed by atoms with Gasteiger partial charge >= 0.3 is 0 Å². The maximum atomic E-state index is 9.76. The second kappa shape index (κ2) is 5.23. The average molecular weight is 243 g/mol. The van der Waals surface area contributed by atoms with Crippen LogP contribution >= 0.6 is 0 Å². The average Bonchev–Trinajstić information content (AvgIpc) is 2.41. The van der Waals surface area contributed by atoms with Crippen molar-refractivity contribution >= 4 is 6.21 Å². The summed E-state index contributed by atoms with van der Waals surface area (Å²) in [4.78, 5) is 0. The molecule has 2 rings (SSSR count). The van der Waals surface area contributed by atoms with Gasteiger partial charge in [0.1, 0.15) is 11.5 Å². The lowest BCUT2D eigenvalue weighted by Gasteiger charge is -2.05. The van der Waals surface area contributed by atoms with Gasteiger partial charge in [0, 0.05) is 5.56 Å². The molecule has 0 bridgehead atoms. The van der Waals surface area contributed by atoms with E-state index >= 15 is 0 Å². The van der Waals surface area contributed by atoms with Crippen LogP contribution in [0, 0.1) is 0 Å². The lowest BCUT2D eigenvalue weighted by Crippen LogP contribution is -1.85. The van der Waals surface area contributed by atoms with E-state index < -0.39 is 0 Å². The number of ether oxygens (including phenoxy) is 1. The van der Waals surface area contributed by atoms with Gasteiger partial charge in [0.25, 0.3) is 0 Å². The van der Waals surface area contributed by atoms with E-state index in [4.69, 9.17) is 9.94 Å². The first kappa shape index (κ1) is 12.0. The number of aromatic hydroxyl groups is 1. The van der Waals surface area contributed by atoms with Crippen molar-refractivity contribution in [2.24, 2.45) is 5.16 Å². The van der Waals surface area contributed by atoms with Crippen molar-refractivity contribution in [3.63, 3.8) is 0 Å². The van der Waals surface area contributed by atoms with Gasteiger partial charge in [-0.15, -0.1) is 0 Å². The first-order chi connectivity index (χ1) is 8.74. The summed E-state index contributed by atoms with van der Waals surface area (Å²) in [5.41, 5.74) is 2.32. The maximum Gasteiger partial charge on any atom is 0.125 e. The molecule has 0 amide bonds. The number of hydrogen-bond acceptors (Lipinski definition) is 4. The van der Waals surface area contributed by atoms with Gasteiger partial charge in [0.2, 0.25) is 0 Å². The summed E-state index contributed by atoms with van der Waals surface area (Å²) in [5, 5.41) is 21.1. The van der Waals surface area contributed by atoms with Crippen LogP contribution in [-0.2, 0) is 0 Å². The molecule has 0 aliphatic carbocycles. The topological polar surface area (TPSA) is 62.0 Å². The van der Waals surface area contributed by atoms with Gasteiger partial charge < -0.3 is 15.1 Å². The van der Waals surface area contributed by atoms with Gasteiger partial charge in [-0.05, 0) is 35.4 Å². The minimum absolute atomic E-state index is 0.0705. The number of rotatable bonds is 3. The Kier molecular flexibility index (Phi) is 3.48. The summed E-state index contributed by atoms with van der Waals surface area (Å²) >= 11 is 0. The molecule has 0 saturated heterocycles. The molecule has 2 aromatic rings. The van der Waals surface area contributed by atoms with Crippen molar-refractivity contribution < 1.29 is 15.1 Å². The van der Waals surface area contributed by atoms with Crippen molar-refractivity contribution in [1.29, 1.82) is 0 Å². The van der Waals surface area contributed by atoms with Crippen LogP contribution in [0.3, 0.4) is 0 Å². The summed E-state index contributed by atoms with van der Waals surface area (Å²) in [6, 6.07) is 12.7. The molecular weight excluding hydrogens is 230 g/mol. The largest absolute Gasteiger partial charge is 0.507 e. The zero-order chi connectivity index (χ0) is 13.0. The normalized spacial score (nSPS) is 10.7. The van der Waals surface area contributed by atoms with Crippen LogP contribution in [0.5, 0.6) is 11.5 Å². The van der Waals surface area contributed by atoms with Crippen LogP contribution in [0.4, 0.5) is 0 Å². The summed E-state index contributed by atoms with van der Waals surface area (Å²) in [6.07, 6.45) is 1.19. The third kappa shape index (κ3) is 2.43. The van der Waals surface area contributed by atoms with E-state index in [0.29, 0.717) is 5.56 Å². The Morgan fingerprint density at radius 1 is 1.06 bits per heavy atom. The van der Waals surface area contributed by atoms with Crippen LogP contribution in [-0.4, -0.2) is 23.6 Å². The Labute approximate surface area is 105 Å². The summed E-state index contributed by atoms with van der Waals surface area (Å²) in [6.45, 7) is 0. The molecule has 0 fully saturated rings. The van der Waals surface area contributed by atoms with Crippen molar-refractivity contribution in [3.8, 4) is 22.6 Å². The highest BCUT2D eigenvalue weighted by atomic mass is 16.5. The molecule has 4 heteroatoms. The standard InChI is InChI=1S/C14H13NO3/c1-18-13-6-4-10(5-7-13)11-2-3-12(9-15-17)14(16)8-11/h2-9,16-17H,1H3/b15-9+. The van der Waals surface area contributed by atoms with Crippen LogP contribution in [0.2, 0.25) is 0 Å². The van der Waals surface area contributed by atoms with Crippen molar-refractivity contribution in [2.45, 2.75) is 0 Å². The Balaban J connectivity index is 2.35. The Hall–Kier alpha value is -2.49. The zero-order valence-corrected chi connectivity index (χ0v) is 9.87. The van der Waals surface area contributed by atoms with E-state index in [0.717, 1.165) is 16.9 Å². The summed E-state index contributed by atoms with van der Waals surface area (Å²) < 4.78 is 5.09. The molecule has 92 valence electrons. The predicted molar refractivity (Wildman–Crippen MR) is 69.5 cm³/mol. The highest BCUT2D eigenvalue weighted by Gasteiger charge is 2.03. The molecule has 0 atom stereocenters. The Bertz CT molecular complexity index is 562. The van der Waals surface area contributed by atoms with Gasteiger partial charge in [0.05, 0.1) is 13.3 Å². The van der Waals surface area contributed by atoms with Gasteiger partial charge in [0.15, 0.2) is 0 Å². The number of methoxy groups -OCH3 is 1. The van der Waals surface area contributed by atoms with Crippen LogP contribution in [0.1, 0.15) is 5.56 Å². The smallest absolute Gasteiger partial charge is 0.125 e. The molecule has 4 nitrogen and oxygen atoms in total.